The highest BCUT2D eigenvalue weighted by atomic mass is 127. The third-order valence-electron chi connectivity index (χ3n) is 1.32. The van der Waals surface area contributed by atoms with Gasteiger partial charge >= 0.3 is 0 Å². The lowest BCUT2D eigenvalue weighted by molar-refractivity contribution is 0.0473. The summed E-state index contributed by atoms with van der Waals surface area (Å²) >= 11 is 1.67. The number of benzene rings is 1. The summed E-state index contributed by atoms with van der Waals surface area (Å²) in [6, 6.07) is 2.07. The SMILES string of the molecule is COCOc1c(F)ccc(F)c1I. The molecule has 0 saturated carbocycles. The molecule has 0 saturated heterocycles. The first-order valence-corrected chi connectivity index (χ1v) is 4.50. The van der Waals surface area contributed by atoms with Crippen molar-refractivity contribution >= 4 is 22.6 Å². The molecule has 2 nitrogen and oxygen atoms in total. The van der Waals surface area contributed by atoms with Gasteiger partial charge < -0.3 is 9.47 Å². The molecule has 0 N–H and O–H groups in total. The summed E-state index contributed by atoms with van der Waals surface area (Å²) in [6.45, 7) is -0.101. The molecule has 0 spiro atoms. The average molecular weight is 300 g/mol. The number of ether oxygens (including phenoxy) is 2. The molecule has 0 amide bonds. The van der Waals surface area contributed by atoms with Crippen LogP contribution in [0.5, 0.6) is 5.75 Å². The topological polar surface area (TPSA) is 18.5 Å². The van der Waals surface area contributed by atoms with Crippen LogP contribution in [0.3, 0.4) is 0 Å². The molecule has 0 unspecified atom stereocenters. The summed E-state index contributed by atoms with van der Waals surface area (Å²) < 4.78 is 35.4. The van der Waals surface area contributed by atoms with E-state index < -0.39 is 11.6 Å². The monoisotopic (exact) mass is 300 g/mol. The number of halogens is 3. The number of hydrogen-bond donors (Lipinski definition) is 0. The Morgan fingerprint density at radius 3 is 2.54 bits per heavy atom. The maximum atomic E-state index is 13.0. The van der Waals surface area contributed by atoms with E-state index in [-0.39, 0.29) is 16.1 Å². The molecule has 0 radical (unpaired) electrons. The zero-order valence-electron chi connectivity index (χ0n) is 6.81. The van der Waals surface area contributed by atoms with Crippen LogP contribution in [0, 0.1) is 15.2 Å². The molecule has 1 rings (SSSR count). The van der Waals surface area contributed by atoms with E-state index in [1.165, 1.54) is 7.11 Å². The second-order valence-corrected chi connectivity index (χ2v) is 3.30. The zero-order valence-corrected chi connectivity index (χ0v) is 8.97. The molecule has 72 valence electrons. The van der Waals surface area contributed by atoms with Gasteiger partial charge in [-0.2, -0.15) is 0 Å². The lowest BCUT2D eigenvalue weighted by atomic mass is 10.3. The Kier molecular flexibility index (Phi) is 3.86. The van der Waals surface area contributed by atoms with Gasteiger partial charge in [-0.1, -0.05) is 0 Å². The molecule has 0 aliphatic heterocycles. The summed E-state index contributed by atoms with van der Waals surface area (Å²) in [4.78, 5) is 0. The minimum atomic E-state index is -0.595. The van der Waals surface area contributed by atoms with Crippen molar-refractivity contribution < 1.29 is 18.3 Å². The minimum Gasteiger partial charge on any atom is -0.463 e. The Balaban J connectivity index is 2.96. The van der Waals surface area contributed by atoms with Gasteiger partial charge in [0.2, 0.25) is 0 Å². The summed E-state index contributed by atoms with van der Waals surface area (Å²) in [5.74, 6) is -1.21. The highest BCUT2D eigenvalue weighted by Gasteiger charge is 2.12. The van der Waals surface area contributed by atoms with Crippen molar-refractivity contribution in [2.24, 2.45) is 0 Å². The van der Waals surface area contributed by atoms with Crippen molar-refractivity contribution in [3.63, 3.8) is 0 Å². The normalized spacial score (nSPS) is 10.2. The molecule has 5 heteroatoms. The number of methoxy groups -OCH3 is 1. The fraction of sp³-hybridized carbons (Fsp3) is 0.250. The summed E-state index contributed by atoms with van der Waals surface area (Å²) in [5.41, 5.74) is 0. The Morgan fingerprint density at radius 1 is 1.31 bits per heavy atom. The van der Waals surface area contributed by atoms with Crippen LogP contribution in [-0.4, -0.2) is 13.9 Å². The predicted octanol–water partition coefficient (Wildman–Crippen LogP) is 2.55. The Morgan fingerprint density at radius 2 is 1.92 bits per heavy atom. The molecule has 0 aliphatic carbocycles. The molecular weight excluding hydrogens is 293 g/mol. The second-order valence-electron chi connectivity index (χ2n) is 2.22. The Labute approximate surface area is 88.0 Å². The summed E-state index contributed by atoms with van der Waals surface area (Å²) in [5, 5.41) is 0. The maximum Gasteiger partial charge on any atom is 0.188 e. The third-order valence-corrected chi connectivity index (χ3v) is 2.33. The van der Waals surface area contributed by atoms with Gasteiger partial charge in [-0.3, -0.25) is 0 Å². The molecule has 1 aromatic rings. The van der Waals surface area contributed by atoms with Crippen molar-refractivity contribution in [2.75, 3.05) is 13.9 Å². The van der Waals surface area contributed by atoms with Gasteiger partial charge in [-0.15, -0.1) is 0 Å². The molecule has 0 heterocycles. The van der Waals surface area contributed by atoms with Crippen LogP contribution in [0.25, 0.3) is 0 Å². The van der Waals surface area contributed by atoms with Crippen molar-refractivity contribution in [3.05, 3.63) is 27.3 Å². The Hall–Kier alpha value is -0.430. The fourth-order valence-corrected chi connectivity index (χ4v) is 1.35. The molecule has 0 atom stereocenters. The minimum absolute atomic E-state index is 0.101. The van der Waals surface area contributed by atoms with Crippen molar-refractivity contribution in [2.45, 2.75) is 0 Å². The smallest absolute Gasteiger partial charge is 0.188 e. The first kappa shape index (κ1) is 10.6. The van der Waals surface area contributed by atoms with Crippen molar-refractivity contribution in [3.8, 4) is 5.75 Å². The van der Waals surface area contributed by atoms with Crippen LogP contribution < -0.4 is 4.74 Å². The van der Waals surface area contributed by atoms with Crippen molar-refractivity contribution in [1.29, 1.82) is 0 Å². The lowest BCUT2D eigenvalue weighted by Gasteiger charge is -2.07. The predicted molar refractivity (Wildman–Crippen MR) is 51.6 cm³/mol. The molecule has 0 aromatic heterocycles. The van der Waals surface area contributed by atoms with Crippen LogP contribution in [0.1, 0.15) is 0 Å². The molecule has 0 aliphatic rings. The molecular formula is C8H7F2IO2. The average Bonchev–Trinajstić information content (AvgIpc) is 2.12. The van der Waals surface area contributed by atoms with Gasteiger partial charge in [0.15, 0.2) is 18.4 Å². The number of hydrogen-bond acceptors (Lipinski definition) is 2. The lowest BCUT2D eigenvalue weighted by Crippen LogP contribution is -2.03. The summed E-state index contributed by atoms with van der Waals surface area (Å²) in [7, 11) is 1.41. The first-order valence-electron chi connectivity index (χ1n) is 3.42. The van der Waals surface area contributed by atoms with Crippen LogP contribution in [0.2, 0.25) is 0 Å². The highest BCUT2D eigenvalue weighted by Crippen LogP contribution is 2.26. The zero-order chi connectivity index (χ0) is 9.84. The fourth-order valence-electron chi connectivity index (χ4n) is 0.759. The molecule has 0 fully saturated rings. The van der Waals surface area contributed by atoms with E-state index in [4.69, 9.17) is 4.74 Å². The number of rotatable bonds is 3. The van der Waals surface area contributed by atoms with E-state index in [2.05, 4.69) is 4.74 Å². The standard InChI is InChI=1S/C8H7F2IO2/c1-12-4-13-8-6(10)3-2-5(9)7(8)11/h2-3H,4H2,1H3. The second kappa shape index (κ2) is 4.71. The van der Waals surface area contributed by atoms with Gasteiger partial charge in [-0.25, -0.2) is 8.78 Å². The quantitative estimate of drug-likeness (QED) is 0.485. The molecule has 1 aromatic carbocycles. The largest absolute Gasteiger partial charge is 0.463 e. The molecule has 0 bridgehead atoms. The van der Waals surface area contributed by atoms with E-state index in [1.807, 2.05) is 0 Å². The maximum absolute atomic E-state index is 13.0. The van der Waals surface area contributed by atoms with Gasteiger partial charge in [0.25, 0.3) is 0 Å². The van der Waals surface area contributed by atoms with Gasteiger partial charge in [0.1, 0.15) is 5.82 Å². The van der Waals surface area contributed by atoms with Crippen LogP contribution in [0.15, 0.2) is 12.1 Å². The van der Waals surface area contributed by atoms with E-state index in [9.17, 15) is 8.78 Å². The highest BCUT2D eigenvalue weighted by molar-refractivity contribution is 14.1. The van der Waals surface area contributed by atoms with E-state index >= 15 is 0 Å². The van der Waals surface area contributed by atoms with E-state index in [0.717, 1.165) is 12.1 Å². The van der Waals surface area contributed by atoms with E-state index in [1.54, 1.807) is 22.6 Å². The third kappa shape index (κ3) is 2.50. The van der Waals surface area contributed by atoms with Crippen LogP contribution in [0.4, 0.5) is 8.78 Å². The van der Waals surface area contributed by atoms with Crippen LogP contribution in [-0.2, 0) is 4.74 Å². The van der Waals surface area contributed by atoms with Gasteiger partial charge in [0, 0.05) is 7.11 Å². The molecule has 13 heavy (non-hydrogen) atoms. The Bertz CT molecular complexity index is 304. The van der Waals surface area contributed by atoms with Gasteiger partial charge in [-0.05, 0) is 34.7 Å². The summed E-state index contributed by atoms with van der Waals surface area (Å²) in [6.07, 6.45) is 0. The first-order chi connectivity index (χ1) is 6.16. The van der Waals surface area contributed by atoms with Gasteiger partial charge in [0.05, 0.1) is 3.57 Å². The van der Waals surface area contributed by atoms with Crippen molar-refractivity contribution in [1.82, 2.24) is 0 Å². The van der Waals surface area contributed by atoms with E-state index in [0.29, 0.717) is 0 Å². The van der Waals surface area contributed by atoms with Crippen LogP contribution >= 0.6 is 22.6 Å².